The molecule has 2 aliphatic rings. The van der Waals surface area contributed by atoms with Crippen molar-refractivity contribution in [2.75, 3.05) is 33.4 Å². The van der Waals surface area contributed by atoms with Crippen LogP contribution in [0.2, 0.25) is 0 Å². The quantitative estimate of drug-likeness (QED) is 0.0657. The Kier molecular flexibility index (Phi) is 16.3. The highest BCUT2D eigenvalue weighted by Crippen LogP contribution is 2.30. The highest BCUT2D eigenvalue weighted by atomic mass is 32.2. The lowest BCUT2D eigenvalue weighted by molar-refractivity contribution is -0.267. The number of carbonyl (C=O) groups is 6. The SMILES string of the molecule is COc1cc(C)c(S(=O)(=O)NC(=N)NCCC[C@@H]2NC(=O)C3(COC(C)(C)OC3)NC(=O)[C@@H](Cc3ccccc3)NC(=O)[C@H](CC(=O)OC(C)(C)C)NC(=O)CNC2=O)c(C)c1C. The fraction of sp³-hybridized carbons (Fsp3) is 0.548. The number of amides is 5. The van der Waals surface area contributed by atoms with E-state index in [-0.39, 0.29) is 30.7 Å². The van der Waals surface area contributed by atoms with Crippen LogP contribution in [0.25, 0.3) is 0 Å². The van der Waals surface area contributed by atoms with Crippen molar-refractivity contribution >= 4 is 51.5 Å². The Morgan fingerprint density at radius 3 is 2.17 bits per heavy atom. The van der Waals surface area contributed by atoms with Crippen molar-refractivity contribution < 1.29 is 56.1 Å². The normalized spacial score (nSPS) is 21.0. The third kappa shape index (κ3) is 13.8. The van der Waals surface area contributed by atoms with E-state index >= 15 is 0 Å². The average Bonchev–Trinajstić information content (AvgIpc) is 3.18. The van der Waals surface area contributed by atoms with Gasteiger partial charge in [0.05, 0.1) is 38.2 Å². The second kappa shape index (κ2) is 20.6. The molecule has 2 aromatic carbocycles. The molecule has 346 valence electrons. The number of guanidine groups is 1. The molecule has 0 bridgehead atoms. The summed E-state index contributed by atoms with van der Waals surface area (Å²) in [6.07, 6.45) is -0.736. The molecule has 0 unspecified atom stereocenters. The van der Waals surface area contributed by atoms with Crippen LogP contribution in [0.1, 0.15) is 76.1 Å². The molecule has 0 radical (unpaired) electrons. The lowest BCUT2D eigenvalue weighted by Gasteiger charge is -2.43. The Bertz CT molecular complexity index is 2170. The molecule has 0 aromatic heterocycles. The average molecular weight is 901 g/mol. The number of aryl methyl sites for hydroxylation is 1. The minimum Gasteiger partial charge on any atom is -0.496 e. The molecule has 63 heavy (non-hydrogen) atoms. The summed E-state index contributed by atoms with van der Waals surface area (Å²) in [5.74, 6) is -6.36. The van der Waals surface area contributed by atoms with Crippen molar-refractivity contribution in [3.63, 3.8) is 0 Å². The van der Waals surface area contributed by atoms with E-state index in [4.69, 9.17) is 24.4 Å². The predicted octanol–water partition coefficient (Wildman–Crippen LogP) is 0.400. The summed E-state index contributed by atoms with van der Waals surface area (Å²) in [5.41, 5.74) is -0.759. The van der Waals surface area contributed by atoms with Crippen molar-refractivity contribution in [3.8, 4) is 5.75 Å². The summed E-state index contributed by atoms with van der Waals surface area (Å²) < 4.78 is 51.5. The zero-order chi connectivity index (χ0) is 46.9. The molecule has 3 atom stereocenters. The van der Waals surface area contributed by atoms with E-state index in [0.29, 0.717) is 28.0 Å². The minimum atomic E-state index is -4.21. The monoisotopic (exact) mass is 900 g/mol. The molecular weight excluding hydrogens is 841 g/mol. The lowest BCUT2D eigenvalue weighted by atomic mass is 9.95. The largest absolute Gasteiger partial charge is 0.496 e. The van der Waals surface area contributed by atoms with Crippen molar-refractivity contribution in [2.45, 2.75) is 121 Å². The number of esters is 1. The highest BCUT2D eigenvalue weighted by Gasteiger charge is 2.49. The lowest BCUT2D eigenvalue weighted by Crippen LogP contribution is -2.71. The number of hydrogen-bond acceptors (Lipinski definition) is 13. The molecule has 20 nitrogen and oxygen atoms in total. The number of nitrogens with one attached hydrogen (secondary N) is 8. The Morgan fingerprint density at radius 2 is 1.56 bits per heavy atom. The second-order valence-electron chi connectivity index (χ2n) is 17.0. The van der Waals surface area contributed by atoms with Crippen LogP contribution in [0.4, 0.5) is 0 Å². The first kappa shape index (κ1) is 49.9. The molecule has 8 N–H and O–H groups in total. The van der Waals surface area contributed by atoms with E-state index in [2.05, 4.69) is 36.6 Å². The summed E-state index contributed by atoms with van der Waals surface area (Å²) in [6, 6.07) is 6.00. The molecule has 21 heteroatoms. The standard InChI is InChI=1S/C42H60N8O12S/c1-24-18-31(59-9)25(2)26(3)34(24)63(57,58)50-39(43)44-17-13-16-28-35(53)45-21-32(51)46-30(20-33(52)62-40(4,5)6)36(54)47-29(19-27-14-11-10-12-15-27)37(55)49-42(38(56)48-28)22-60-41(7,8)61-23-42/h10-12,14-15,18,28-30H,13,16-17,19-23H2,1-9H3,(H,45,53)(H,46,51)(H,47,54)(H,48,56)(H,49,55)(H3,43,44,50)/t28-,29+,30-/m0/s1. The van der Waals surface area contributed by atoms with Crippen LogP contribution in [0, 0.1) is 26.2 Å². The summed E-state index contributed by atoms with van der Waals surface area (Å²) in [7, 11) is -2.73. The number of hydrogen-bond donors (Lipinski definition) is 8. The van der Waals surface area contributed by atoms with Crippen molar-refractivity contribution in [3.05, 3.63) is 58.7 Å². The van der Waals surface area contributed by atoms with E-state index in [1.165, 1.54) is 7.11 Å². The molecule has 2 aromatic rings. The molecule has 0 saturated carbocycles. The molecule has 2 heterocycles. The molecule has 2 saturated heterocycles. The van der Waals surface area contributed by atoms with Crippen molar-refractivity contribution in [1.29, 1.82) is 5.41 Å². The molecular formula is C42H60N8O12S. The van der Waals surface area contributed by atoms with Crippen LogP contribution in [-0.4, -0.2) is 118 Å². The first-order valence-corrected chi connectivity index (χ1v) is 21.9. The molecule has 2 fully saturated rings. The van der Waals surface area contributed by atoms with Gasteiger partial charge in [-0.1, -0.05) is 30.3 Å². The van der Waals surface area contributed by atoms with Crippen LogP contribution in [0.3, 0.4) is 0 Å². The van der Waals surface area contributed by atoms with Crippen LogP contribution >= 0.6 is 0 Å². The Balaban J connectivity index is 1.60. The topological polar surface area (TPSA) is 282 Å². The summed E-state index contributed by atoms with van der Waals surface area (Å²) in [6.45, 7) is 11.5. The molecule has 5 amide bonds. The fourth-order valence-corrected chi connectivity index (χ4v) is 8.32. The second-order valence-corrected chi connectivity index (χ2v) is 18.6. The molecule has 4 rings (SSSR count). The van der Waals surface area contributed by atoms with Gasteiger partial charge in [-0.25, -0.2) is 13.1 Å². The van der Waals surface area contributed by atoms with Crippen LogP contribution in [-0.2, 0) is 59.4 Å². The van der Waals surface area contributed by atoms with Crippen LogP contribution in [0.15, 0.2) is 41.3 Å². The maximum Gasteiger partial charge on any atom is 0.308 e. The first-order valence-electron chi connectivity index (χ1n) is 20.4. The summed E-state index contributed by atoms with van der Waals surface area (Å²) in [4.78, 5) is 82.5. The number of ether oxygens (including phenoxy) is 4. The van der Waals surface area contributed by atoms with Gasteiger partial charge in [-0.05, 0) is 96.6 Å². The van der Waals surface area contributed by atoms with Crippen LogP contribution in [0.5, 0.6) is 5.75 Å². The number of carbonyl (C=O) groups excluding carboxylic acids is 6. The van der Waals surface area contributed by atoms with Gasteiger partial charge in [0.15, 0.2) is 11.3 Å². The van der Waals surface area contributed by atoms with E-state index in [1.807, 2.05) is 0 Å². The number of methoxy groups -OCH3 is 1. The van der Waals surface area contributed by atoms with Gasteiger partial charge in [0.1, 0.15) is 29.5 Å². The number of sulfonamides is 1. The van der Waals surface area contributed by atoms with E-state index in [1.54, 1.807) is 91.8 Å². The van der Waals surface area contributed by atoms with Crippen LogP contribution < -0.4 is 41.4 Å². The summed E-state index contributed by atoms with van der Waals surface area (Å²) in [5, 5.41) is 23.9. The molecule has 1 spiro atoms. The minimum absolute atomic E-state index is 0.00558. The zero-order valence-electron chi connectivity index (χ0n) is 37.2. The Labute approximate surface area is 367 Å². The van der Waals surface area contributed by atoms with E-state index in [9.17, 15) is 37.2 Å². The smallest absolute Gasteiger partial charge is 0.308 e. The van der Waals surface area contributed by atoms with Gasteiger partial charge in [0.2, 0.25) is 29.6 Å². The fourth-order valence-electron chi connectivity index (χ4n) is 6.84. The first-order chi connectivity index (χ1) is 29.3. The van der Waals surface area contributed by atoms with E-state index in [0.717, 1.165) is 0 Å². The van der Waals surface area contributed by atoms with Gasteiger partial charge in [-0.15, -0.1) is 0 Å². The maximum atomic E-state index is 14.4. The van der Waals surface area contributed by atoms with Gasteiger partial charge in [-0.3, -0.25) is 34.2 Å². The third-order valence-electron chi connectivity index (χ3n) is 10.2. The van der Waals surface area contributed by atoms with Gasteiger partial charge >= 0.3 is 5.97 Å². The Hall–Kier alpha value is -5.80. The Morgan fingerprint density at radius 1 is 0.905 bits per heavy atom. The number of benzene rings is 2. The van der Waals surface area contributed by atoms with Gasteiger partial charge < -0.3 is 50.8 Å². The highest BCUT2D eigenvalue weighted by molar-refractivity contribution is 7.90. The van der Waals surface area contributed by atoms with Gasteiger partial charge in [0, 0.05) is 13.0 Å². The zero-order valence-corrected chi connectivity index (χ0v) is 38.0. The van der Waals surface area contributed by atoms with Crippen molar-refractivity contribution in [2.24, 2.45) is 0 Å². The number of rotatable bonds is 11. The van der Waals surface area contributed by atoms with E-state index < -0.39 is 113 Å². The third-order valence-corrected chi connectivity index (χ3v) is 11.8. The molecule has 2 aliphatic heterocycles. The van der Waals surface area contributed by atoms with Crippen molar-refractivity contribution in [1.82, 2.24) is 36.6 Å². The maximum absolute atomic E-state index is 14.4. The van der Waals surface area contributed by atoms with Gasteiger partial charge in [-0.2, -0.15) is 0 Å². The predicted molar refractivity (Wildman–Crippen MR) is 229 cm³/mol. The molecule has 0 aliphatic carbocycles. The van der Waals surface area contributed by atoms with Gasteiger partial charge in [0.25, 0.3) is 15.9 Å². The summed E-state index contributed by atoms with van der Waals surface area (Å²) >= 11 is 0.